The molecule has 2 fully saturated rings. The summed E-state index contributed by atoms with van der Waals surface area (Å²) in [6, 6.07) is 15.2. The Morgan fingerprint density at radius 1 is 0.917 bits per heavy atom. The van der Waals surface area contributed by atoms with E-state index in [0.29, 0.717) is 24.2 Å². The number of Topliss-reactive ketones (excluding diaryl/α,β-unsaturated/α-hetero) is 1. The largest absolute Gasteiger partial charge is 0.469 e. The van der Waals surface area contributed by atoms with Gasteiger partial charge in [-0.05, 0) is 48.9 Å². The lowest BCUT2D eigenvalue weighted by Crippen LogP contribution is -2.26. The lowest BCUT2D eigenvalue weighted by molar-refractivity contribution is -0.463. The van der Waals surface area contributed by atoms with Gasteiger partial charge in [0, 0.05) is 22.1 Å². The molecule has 8 heteroatoms. The highest BCUT2D eigenvalue weighted by Crippen LogP contribution is 2.35. The van der Waals surface area contributed by atoms with Gasteiger partial charge >= 0.3 is 5.97 Å². The van der Waals surface area contributed by atoms with E-state index in [1.54, 1.807) is 0 Å². The van der Waals surface area contributed by atoms with Crippen molar-refractivity contribution in [3.05, 3.63) is 64.2 Å². The summed E-state index contributed by atoms with van der Waals surface area (Å²) < 4.78 is 4.88. The van der Waals surface area contributed by atoms with Gasteiger partial charge in [0.1, 0.15) is 0 Å². The van der Waals surface area contributed by atoms with E-state index in [-0.39, 0.29) is 41.1 Å². The van der Waals surface area contributed by atoms with Gasteiger partial charge < -0.3 is 10.1 Å². The van der Waals surface area contributed by atoms with Crippen LogP contribution in [0.1, 0.15) is 61.7 Å². The van der Waals surface area contributed by atoms with Crippen molar-refractivity contribution in [2.45, 2.75) is 57.4 Å². The molecule has 0 radical (unpaired) electrons. The first-order valence-corrected chi connectivity index (χ1v) is 12.7. The molecule has 2 aromatic rings. The molecule has 36 heavy (non-hydrogen) atoms. The number of carbonyl (C=O) groups is 2. The van der Waals surface area contributed by atoms with Crippen LogP contribution in [-0.2, 0) is 9.53 Å². The Bertz CT molecular complexity index is 1110. The molecule has 2 aromatic carbocycles. The molecule has 0 spiro atoms. The average Bonchev–Trinajstić information content (AvgIpc) is 3.39. The van der Waals surface area contributed by atoms with Crippen LogP contribution in [0, 0.1) is 22.0 Å². The maximum Gasteiger partial charge on any atom is 0.309 e. The summed E-state index contributed by atoms with van der Waals surface area (Å²) in [5.41, 5.74) is 3.27. The van der Waals surface area contributed by atoms with E-state index in [1.807, 2.05) is 48.5 Å². The highest BCUT2D eigenvalue weighted by atomic mass is 16.6. The Labute approximate surface area is 211 Å². The number of amidine groups is 1. The number of hydrogen-bond acceptors (Lipinski definition) is 6. The molecular formula is C28H33N3O5. The minimum atomic E-state index is -0.357. The third-order valence-corrected chi connectivity index (χ3v) is 7.22. The Morgan fingerprint density at radius 3 is 2.14 bits per heavy atom. The molecule has 1 N–H and O–H groups in total. The van der Waals surface area contributed by atoms with Crippen LogP contribution in [0.4, 0.5) is 5.69 Å². The van der Waals surface area contributed by atoms with Crippen LogP contribution in [0.15, 0.2) is 53.5 Å². The second-order valence-corrected chi connectivity index (χ2v) is 9.67. The van der Waals surface area contributed by atoms with Crippen molar-refractivity contribution in [2.24, 2.45) is 16.8 Å². The van der Waals surface area contributed by atoms with E-state index in [0.717, 1.165) is 48.9 Å². The summed E-state index contributed by atoms with van der Waals surface area (Å²) in [7, 11) is 1.37. The number of hydrogen-bond donors (Lipinski definition) is 1. The number of nitrogens with one attached hydrogen (secondary N) is 1. The third kappa shape index (κ3) is 6.36. The first-order valence-electron chi connectivity index (χ1n) is 12.7. The smallest absolute Gasteiger partial charge is 0.309 e. The highest BCUT2D eigenvalue weighted by molar-refractivity contribution is 6.00. The predicted molar refractivity (Wildman–Crippen MR) is 139 cm³/mol. The molecule has 2 saturated carbocycles. The molecule has 2 aliphatic carbocycles. The second-order valence-electron chi connectivity index (χ2n) is 9.67. The molecule has 2 aliphatic rings. The number of nitro groups is 1. The number of anilines is 1. The van der Waals surface area contributed by atoms with Crippen LogP contribution in [-0.4, -0.2) is 42.2 Å². The number of rotatable bonds is 8. The van der Waals surface area contributed by atoms with Gasteiger partial charge in [0.05, 0.1) is 19.1 Å². The van der Waals surface area contributed by atoms with E-state index < -0.39 is 0 Å². The molecule has 2 atom stereocenters. The van der Waals surface area contributed by atoms with E-state index in [2.05, 4.69) is 10.3 Å². The van der Waals surface area contributed by atoms with E-state index in [4.69, 9.17) is 4.74 Å². The Morgan fingerprint density at radius 2 is 1.53 bits per heavy atom. The van der Waals surface area contributed by atoms with Crippen LogP contribution in [0.2, 0.25) is 0 Å². The van der Waals surface area contributed by atoms with Crippen molar-refractivity contribution in [3.8, 4) is 11.1 Å². The number of esters is 1. The Hall–Kier alpha value is -3.55. The molecule has 0 amide bonds. The van der Waals surface area contributed by atoms with Crippen molar-refractivity contribution in [1.82, 2.24) is 0 Å². The van der Waals surface area contributed by atoms with Crippen LogP contribution in [0.5, 0.6) is 0 Å². The number of methoxy groups -OCH3 is 1. The van der Waals surface area contributed by atoms with Gasteiger partial charge in [0.25, 0.3) is 6.54 Å². The van der Waals surface area contributed by atoms with Crippen molar-refractivity contribution in [3.63, 3.8) is 0 Å². The van der Waals surface area contributed by atoms with Crippen molar-refractivity contribution in [2.75, 3.05) is 19.0 Å². The molecule has 4 rings (SSSR count). The van der Waals surface area contributed by atoms with E-state index >= 15 is 0 Å². The number of carbonyl (C=O) groups excluding carboxylic acids is 2. The fraction of sp³-hybridized carbons (Fsp3) is 0.464. The predicted octanol–water partition coefficient (Wildman–Crippen LogP) is 5.55. The van der Waals surface area contributed by atoms with Gasteiger partial charge in [0.15, 0.2) is 11.6 Å². The molecule has 0 heterocycles. The monoisotopic (exact) mass is 491 g/mol. The standard InChI is InChI=1S/C28H33N3O5/c1-36-28(33)25-9-5-8-24(25)27(32)21-12-10-19(11-13-21)20-14-16-23(17-15-20)30-26(18-31(34)35)29-22-6-3-2-4-7-22/h10-17,22,24-25H,2-9,18H2,1H3,(H,29,30)/t24-,25-/m1/s1. The molecule has 190 valence electrons. The normalized spacial score (nSPS) is 20.6. The number of nitrogens with zero attached hydrogens (tertiary/aromatic N) is 2. The zero-order valence-electron chi connectivity index (χ0n) is 20.7. The summed E-state index contributed by atoms with van der Waals surface area (Å²) in [5.74, 6) is -0.605. The molecule has 0 bridgehead atoms. The SMILES string of the molecule is COC(=O)[C@@H]1CCC[C@H]1C(=O)c1ccc(-c2ccc(NC(C[N+](=O)[O-])=NC3CCCCC3)cc2)cc1. The Balaban J connectivity index is 1.43. The first-order chi connectivity index (χ1) is 17.4. The van der Waals surface area contributed by atoms with Crippen LogP contribution < -0.4 is 5.32 Å². The average molecular weight is 492 g/mol. The zero-order chi connectivity index (χ0) is 25.5. The second kappa shape index (κ2) is 11.9. The quantitative estimate of drug-likeness (QED) is 0.130. The minimum absolute atomic E-state index is 0.00966. The number of aliphatic imine (C=N–C) groups is 1. The summed E-state index contributed by atoms with van der Waals surface area (Å²) in [4.78, 5) is 40.5. The van der Waals surface area contributed by atoms with Gasteiger partial charge in [-0.3, -0.25) is 24.7 Å². The van der Waals surface area contributed by atoms with E-state index in [1.165, 1.54) is 13.5 Å². The summed E-state index contributed by atoms with van der Waals surface area (Å²) in [5, 5.41) is 14.3. The number of benzene rings is 2. The molecular weight excluding hydrogens is 458 g/mol. The Kier molecular flexibility index (Phi) is 8.46. The zero-order valence-corrected chi connectivity index (χ0v) is 20.7. The molecule has 0 unspecified atom stereocenters. The van der Waals surface area contributed by atoms with Gasteiger partial charge in [-0.1, -0.05) is 62.1 Å². The third-order valence-electron chi connectivity index (χ3n) is 7.22. The van der Waals surface area contributed by atoms with Crippen LogP contribution in [0.25, 0.3) is 11.1 Å². The van der Waals surface area contributed by atoms with E-state index in [9.17, 15) is 19.7 Å². The maximum atomic E-state index is 13.0. The summed E-state index contributed by atoms with van der Waals surface area (Å²) >= 11 is 0. The van der Waals surface area contributed by atoms with Crippen molar-refractivity contribution >= 4 is 23.3 Å². The van der Waals surface area contributed by atoms with Crippen LogP contribution in [0.3, 0.4) is 0 Å². The summed E-state index contributed by atoms with van der Waals surface area (Å²) in [6.07, 6.45) is 7.64. The van der Waals surface area contributed by atoms with Gasteiger partial charge in [0.2, 0.25) is 0 Å². The fourth-order valence-electron chi connectivity index (χ4n) is 5.33. The van der Waals surface area contributed by atoms with Crippen LogP contribution >= 0.6 is 0 Å². The summed E-state index contributed by atoms with van der Waals surface area (Å²) in [6.45, 7) is -0.328. The molecule has 8 nitrogen and oxygen atoms in total. The van der Waals surface area contributed by atoms with Gasteiger partial charge in [-0.15, -0.1) is 0 Å². The molecule has 0 aromatic heterocycles. The van der Waals surface area contributed by atoms with Crippen molar-refractivity contribution < 1.29 is 19.2 Å². The maximum absolute atomic E-state index is 13.0. The molecule has 0 aliphatic heterocycles. The number of ketones is 1. The topological polar surface area (TPSA) is 111 Å². The lowest BCUT2D eigenvalue weighted by atomic mass is 9.88. The van der Waals surface area contributed by atoms with Gasteiger partial charge in [-0.2, -0.15) is 0 Å². The van der Waals surface area contributed by atoms with Crippen molar-refractivity contribution in [1.29, 1.82) is 0 Å². The highest BCUT2D eigenvalue weighted by Gasteiger charge is 2.38. The first kappa shape index (κ1) is 25.5. The lowest BCUT2D eigenvalue weighted by Gasteiger charge is -2.19. The van der Waals surface area contributed by atoms with Gasteiger partial charge in [-0.25, -0.2) is 0 Å². The number of ether oxygens (including phenoxy) is 1. The minimum Gasteiger partial charge on any atom is -0.469 e. The molecule has 0 saturated heterocycles. The fourth-order valence-corrected chi connectivity index (χ4v) is 5.33.